The normalized spacial score (nSPS) is 10.5. The molecule has 9 nitrogen and oxygen atoms in total. The molecule has 0 aliphatic carbocycles. The predicted octanol–water partition coefficient (Wildman–Crippen LogP) is 3.96. The van der Waals surface area contributed by atoms with Gasteiger partial charge in [0.2, 0.25) is 0 Å². The van der Waals surface area contributed by atoms with Gasteiger partial charge in [0.15, 0.2) is 12.1 Å². The number of nitrogens with one attached hydrogen (secondary N) is 1. The number of aldehydes is 1. The summed E-state index contributed by atoms with van der Waals surface area (Å²) in [6.45, 7) is 1.55. The van der Waals surface area contributed by atoms with Crippen molar-refractivity contribution in [2.75, 3.05) is 5.32 Å². The maximum Gasteiger partial charge on any atom is 0.274 e. The summed E-state index contributed by atoms with van der Waals surface area (Å²) in [4.78, 5) is 38.7. The third kappa shape index (κ3) is 3.78. The smallest absolute Gasteiger partial charge is 0.274 e. The lowest BCUT2D eigenvalue weighted by Gasteiger charge is -2.12. The van der Waals surface area contributed by atoms with E-state index in [4.69, 9.17) is 11.6 Å². The molecule has 0 atom stereocenters. The number of hydrogen-bond acceptors (Lipinski definition) is 6. The number of rotatable bonds is 5. The van der Waals surface area contributed by atoms with Crippen LogP contribution in [0.25, 0.3) is 5.82 Å². The van der Waals surface area contributed by atoms with Crippen LogP contribution in [0.4, 0.5) is 11.4 Å². The van der Waals surface area contributed by atoms with Gasteiger partial charge in [-0.05, 0) is 40.5 Å². The Hall–Kier alpha value is -3.11. The van der Waals surface area contributed by atoms with Crippen LogP contribution in [0, 0.1) is 17.0 Å². The van der Waals surface area contributed by atoms with Crippen molar-refractivity contribution in [2.45, 2.75) is 6.92 Å². The van der Waals surface area contributed by atoms with Crippen LogP contribution >= 0.6 is 27.5 Å². The molecule has 3 aromatic rings. The van der Waals surface area contributed by atoms with Crippen molar-refractivity contribution >= 4 is 51.1 Å². The zero-order chi connectivity index (χ0) is 20.4. The number of benzene rings is 1. The van der Waals surface area contributed by atoms with Crippen molar-refractivity contribution < 1.29 is 14.5 Å². The summed E-state index contributed by atoms with van der Waals surface area (Å²) in [5.74, 6) is -0.351. The second kappa shape index (κ2) is 7.87. The fourth-order valence-electron chi connectivity index (χ4n) is 2.55. The van der Waals surface area contributed by atoms with E-state index in [0.717, 1.165) is 6.07 Å². The van der Waals surface area contributed by atoms with E-state index in [1.165, 1.54) is 23.0 Å². The van der Waals surface area contributed by atoms with E-state index in [9.17, 15) is 19.7 Å². The molecule has 11 heteroatoms. The molecular formula is C17H11BrClN5O4. The van der Waals surface area contributed by atoms with E-state index in [-0.39, 0.29) is 33.5 Å². The van der Waals surface area contributed by atoms with Gasteiger partial charge in [-0.3, -0.25) is 19.7 Å². The largest absolute Gasteiger partial charge is 0.320 e. The van der Waals surface area contributed by atoms with Crippen LogP contribution < -0.4 is 5.32 Å². The van der Waals surface area contributed by atoms with Crippen molar-refractivity contribution in [1.82, 2.24) is 14.8 Å². The Morgan fingerprint density at radius 1 is 1.39 bits per heavy atom. The Kier molecular flexibility index (Phi) is 5.52. The molecule has 0 aliphatic rings. The van der Waals surface area contributed by atoms with Gasteiger partial charge in [-0.15, -0.1) is 0 Å². The SMILES string of the molecule is Cc1cc([N+](=O)[O-])cc(C=O)c1NC(=O)c1cc(Br)nn1-c1ncccc1Cl. The molecule has 0 radical (unpaired) electrons. The Bertz CT molecular complexity index is 1110. The first kappa shape index (κ1) is 19.6. The Morgan fingerprint density at radius 3 is 2.79 bits per heavy atom. The van der Waals surface area contributed by atoms with Crippen LogP contribution in [0.1, 0.15) is 26.4 Å². The summed E-state index contributed by atoms with van der Waals surface area (Å²) in [5, 5.41) is 18.0. The standard InChI is InChI=1S/C17H11BrClN5O4/c1-9-5-11(24(27)28)6-10(8-25)15(9)21-17(26)13-7-14(18)22-23(13)16-12(19)3-2-4-20-16/h2-8H,1H3,(H,21,26). The number of carbonyl (C=O) groups excluding carboxylic acids is 2. The van der Waals surface area contributed by atoms with E-state index in [1.807, 2.05) is 0 Å². The Balaban J connectivity index is 2.03. The van der Waals surface area contributed by atoms with E-state index in [0.29, 0.717) is 16.5 Å². The molecule has 2 heterocycles. The highest BCUT2D eigenvalue weighted by Gasteiger charge is 2.21. The van der Waals surface area contributed by atoms with Crippen molar-refractivity contribution in [3.63, 3.8) is 0 Å². The molecule has 3 rings (SSSR count). The number of aryl methyl sites for hydroxylation is 1. The zero-order valence-corrected chi connectivity index (χ0v) is 16.6. The monoisotopic (exact) mass is 463 g/mol. The summed E-state index contributed by atoms with van der Waals surface area (Å²) in [6.07, 6.45) is 1.95. The summed E-state index contributed by atoms with van der Waals surface area (Å²) in [5.41, 5.74) is 0.376. The first-order chi connectivity index (χ1) is 13.3. The first-order valence-corrected chi connectivity index (χ1v) is 8.91. The van der Waals surface area contributed by atoms with Crippen LogP contribution in [0.3, 0.4) is 0 Å². The van der Waals surface area contributed by atoms with Gasteiger partial charge in [-0.25, -0.2) is 9.67 Å². The highest BCUT2D eigenvalue weighted by atomic mass is 79.9. The van der Waals surface area contributed by atoms with Crippen molar-refractivity contribution in [3.8, 4) is 5.82 Å². The lowest BCUT2D eigenvalue weighted by Crippen LogP contribution is -2.19. The molecule has 0 saturated heterocycles. The molecule has 0 saturated carbocycles. The number of carbonyl (C=O) groups is 2. The second-order valence-corrected chi connectivity index (χ2v) is 6.85. The number of halogens is 2. The number of hydrogen-bond donors (Lipinski definition) is 1. The van der Waals surface area contributed by atoms with Gasteiger partial charge in [-0.2, -0.15) is 5.10 Å². The van der Waals surface area contributed by atoms with E-state index < -0.39 is 10.8 Å². The average Bonchev–Trinajstić information content (AvgIpc) is 3.04. The quantitative estimate of drug-likeness (QED) is 0.347. The molecule has 2 aromatic heterocycles. The molecule has 0 unspecified atom stereocenters. The van der Waals surface area contributed by atoms with Gasteiger partial charge in [0.25, 0.3) is 11.6 Å². The number of anilines is 1. The lowest BCUT2D eigenvalue weighted by molar-refractivity contribution is -0.384. The number of nitro groups is 1. The van der Waals surface area contributed by atoms with E-state index in [2.05, 4.69) is 31.3 Å². The molecule has 1 aromatic carbocycles. The zero-order valence-electron chi connectivity index (χ0n) is 14.2. The molecule has 0 fully saturated rings. The molecular weight excluding hydrogens is 454 g/mol. The fourth-order valence-corrected chi connectivity index (χ4v) is 3.13. The number of nitro benzene ring substituents is 1. The van der Waals surface area contributed by atoms with Gasteiger partial charge in [0.05, 0.1) is 15.6 Å². The summed E-state index contributed by atoms with van der Waals surface area (Å²) in [6, 6.07) is 7.07. The summed E-state index contributed by atoms with van der Waals surface area (Å²) >= 11 is 9.36. The van der Waals surface area contributed by atoms with Crippen molar-refractivity contribution in [1.29, 1.82) is 0 Å². The third-order valence-electron chi connectivity index (χ3n) is 3.78. The van der Waals surface area contributed by atoms with Gasteiger partial charge in [0.1, 0.15) is 10.3 Å². The number of amides is 1. The Morgan fingerprint density at radius 2 is 2.14 bits per heavy atom. The maximum atomic E-state index is 12.9. The van der Waals surface area contributed by atoms with Crippen LogP contribution in [-0.2, 0) is 0 Å². The molecule has 0 aliphatic heterocycles. The van der Waals surface area contributed by atoms with Crippen molar-refractivity contribution in [3.05, 3.63) is 73.1 Å². The number of pyridine rings is 1. The van der Waals surface area contributed by atoms with Gasteiger partial charge >= 0.3 is 0 Å². The van der Waals surface area contributed by atoms with Crippen LogP contribution in [0.5, 0.6) is 0 Å². The summed E-state index contributed by atoms with van der Waals surface area (Å²) < 4.78 is 1.62. The fraction of sp³-hybridized carbons (Fsp3) is 0.0588. The highest BCUT2D eigenvalue weighted by Crippen LogP contribution is 2.27. The molecule has 0 spiro atoms. The first-order valence-electron chi connectivity index (χ1n) is 7.74. The molecule has 1 amide bonds. The van der Waals surface area contributed by atoms with Gasteiger partial charge in [-0.1, -0.05) is 11.6 Å². The van der Waals surface area contributed by atoms with E-state index in [1.54, 1.807) is 19.1 Å². The third-order valence-corrected chi connectivity index (χ3v) is 4.46. The van der Waals surface area contributed by atoms with E-state index >= 15 is 0 Å². The number of nitrogens with zero attached hydrogens (tertiary/aromatic N) is 4. The van der Waals surface area contributed by atoms with Crippen LogP contribution in [0.15, 0.2) is 41.1 Å². The van der Waals surface area contributed by atoms with Gasteiger partial charge < -0.3 is 5.32 Å². The molecule has 28 heavy (non-hydrogen) atoms. The predicted molar refractivity (Wildman–Crippen MR) is 105 cm³/mol. The molecule has 0 bridgehead atoms. The number of non-ortho nitro benzene ring substituents is 1. The minimum atomic E-state index is -0.610. The lowest BCUT2D eigenvalue weighted by atomic mass is 10.1. The van der Waals surface area contributed by atoms with Crippen LogP contribution in [0.2, 0.25) is 5.02 Å². The molecule has 1 N–H and O–H groups in total. The number of aromatic nitrogens is 3. The minimum absolute atomic E-state index is 0.0129. The topological polar surface area (TPSA) is 120 Å². The second-order valence-electron chi connectivity index (χ2n) is 5.63. The minimum Gasteiger partial charge on any atom is -0.320 e. The Labute approximate surface area is 171 Å². The summed E-state index contributed by atoms with van der Waals surface area (Å²) in [7, 11) is 0. The van der Waals surface area contributed by atoms with Crippen LogP contribution in [-0.4, -0.2) is 31.9 Å². The maximum absolute atomic E-state index is 12.9. The van der Waals surface area contributed by atoms with Crippen molar-refractivity contribution in [2.24, 2.45) is 0 Å². The van der Waals surface area contributed by atoms with Gasteiger partial charge in [0, 0.05) is 30.0 Å². The highest BCUT2D eigenvalue weighted by molar-refractivity contribution is 9.10. The average molecular weight is 465 g/mol. The molecule has 142 valence electrons.